The van der Waals surface area contributed by atoms with Gasteiger partial charge in [0.25, 0.3) is 5.56 Å². The zero-order valence-corrected chi connectivity index (χ0v) is 16.0. The van der Waals surface area contributed by atoms with Gasteiger partial charge in [-0.1, -0.05) is 23.5 Å². The first-order valence-electron chi connectivity index (χ1n) is 8.84. The Bertz CT molecular complexity index is 1660. The van der Waals surface area contributed by atoms with E-state index < -0.39 is 5.56 Å². The van der Waals surface area contributed by atoms with Crippen molar-refractivity contribution in [2.75, 3.05) is 0 Å². The van der Waals surface area contributed by atoms with Crippen molar-refractivity contribution >= 4 is 39.7 Å². The molecular weight excluding hydrogens is 404 g/mol. The highest BCUT2D eigenvalue weighted by Gasteiger charge is 2.13. The van der Waals surface area contributed by atoms with Crippen molar-refractivity contribution in [3.8, 4) is 5.13 Å². The Morgan fingerprint density at radius 2 is 1.87 bits per heavy atom. The van der Waals surface area contributed by atoms with Gasteiger partial charge < -0.3 is 4.42 Å². The number of allylic oxidation sites excluding steroid dienone is 4. The van der Waals surface area contributed by atoms with Crippen LogP contribution < -0.4 is 26.4 Å². The molecule has 1 aromatic heterocycles. The molecule has 2 aromatic rings. The molecule has 2 aliphatic heterocycles. The molecule has 8 nitrogen and oxygen atoms in total. The lowest BCUT2D eigenvalue weighted by Crippen LogP contribution is -2.47. The van der Waals surface area contributed by atoms with Gasteiger partial charge in [-0.15, -0.1) is 0 Å². The summed E-state index contributed by atoms with van der Waals surface area (Å²) in [5.74, 6) is -0.111. The van der Waals surface area contributed by atoms with Crippen LogP contribution in [0.25, 0.3) is 27.7 Å². The topological polar surface area (TPSA) is 122 Å². The second-order valence-corrected chi connectivity index (χ2v) is 7.50. The van der Waals surface area contributed by atoms with Gasteiger partial charge in [-0.3, -0.25) is 24.9 Å². The number of aromatic nitrogens is 3. The van der Waals surface area contributed by atoms with Gasteiger partial charge in [0.2, 0.25) is 5.13 Å². The molecule has 146 valence electrons. The lowest BCUT2D eigenvalue weighted by molar-refractivity contribution is -0.110. The van der Waals surface area contributed by atoms with Crippen molar-refractivity contribution in [1.82, 2.24) is 14.8 Å². The van der Waals surface area contributed by atoms with Crippen LogP contribution in [0, 0.1) is 5.41 Å². The number of carbonyl (C=O) groups excluding carboxylic acids is 1. The molecule has 0 fully saturated rings. The van der Waals surface area contributed by atoms with Gasteiger partial charge in [0.1, 0.15) is 16.5 Å². The number of hydrogen-bond acceptors (Lipinski definition) is 7. The maximum Gasteiger partial charge on any atom is 0.283 e. The summed E-state index contributed by atoms with van der Waals surface area (Å²) in [6, 6.07) is 6.80. The Balaban J connectivity index is 1.77. The van der Waals surface area contributed by atoms with E-state index in [1.165, 1.54) is 40.5 Å². The van der Waals surface area contributed by atoms with Crippen molar-refractivity contribution in [3.63, 3.8) is 0 Å². The number of aromatic amines is 1. The van der Waals surface area contributed by atoms with E-state index in [0.29, 0.717) is 20.8 Å². The van der Waals surface area contributed by atoms with Crippen molar-refractivity contribution in [3.05, 3.63) is 96.3 Å². The molecule has 9 heteroatoms. The molecule has 5 rings (SSSR count). The number of para-hydroxylation sites is 1. The second-order valence-electron chi connectivity index (χ2n) is 6.53. The highest BCUT2D eigenvalue weighted by molar-refractivity contribution is 7.11. The third kappa shape index (κ3) is 2.88. The van der Waals surface area contributed by atoms with Crippen molar-refractivity contribution in [1.29, 1.82) is 5.41 Å². The van der Waals surface area contributed by atoms with Crippen LogP contribution in [-0.4, -0.2) is 20.5 Å². The molecule has 1 aliphatic carbocycles. The van der Waals surface area contributed by atoms with E-state index in [4.69, 9.17) is 9.83 Å². The zero-order valence-electron chi connectivity index (χ0n) is 15.2. The Morgan fingerprint density at radius 3 is 2.67 bits per heavy atom. The van der Waals surface area contributed by atoms with E-state index >= 15 is 0 Å². The number of ketones is 1. The molecule has 3 heterocycles. The minimum atomic E-state index is -0.621. The molecule has 0 radical (unpaired) electrons. The molecule has 3 aliphatic rings. The highest BCUT2D eigenvalue weighted by Crippen LogP contribution is 2.11. The fourth-order valence-corrected chi connectivity index (χ4v) is 4.04. The summed E-state index contributed by atoms with van der Waals surface area (Å²) in [6.07, 6.45) is 8.76. The number of hydrogen-bond donors (Lipinski definition) is 2. The van der Waals surface area contributed by atoms with Gasteiger partial charge in [-0.25, -0.2) is 4.68 Å². The first kappa shape index (κ1) is 18.0. The molecule has 2 N–H and O–H groups in total. The molecule has 0 bridgehead atoms. The van der Waals surface area contributed by atoms with Gasteiger partial charge in [-0.05, 0) is 42.5 Å². The molecule has 0 unspecified atom stereocenters. The number of nitrogens with zero attached hydrogens (tertiary/aromatic N) is 2. The summed E-state index contributed by atoms with van der Waals surface area (Å²) in [5.41, 5.74) is 0.273. The Morgan fingerprint density at radius 1 is 1.10 bits per heavy atom. The maximum atomic E-state index is 12.7. The number of carbonyl (C=O) groups is 1. The van der Waals surface area contributed by atoms with Crippen LogP contribution in [0.15, 0.2) is 68.8 Å². The van der Waals surface area contributed by atoms with Crippen molar-refractivity contribution in [2.24, 2.45) is 0 Å². The van der Waals surface area contributed by atoms with E-state index in [0.717, 1.165) is 5.57 Å². The van der Waals surface area contributed by atoms with Crippen LogP contribution in [0.4, 0.5) is 0 Å². The number of H-pyrrole nitrogens is 1. The van der Waals surface area contributed by atoms with E-state index in [-0.39, 0.29) is 27.5 Å². The van der Waals surface area contributed by atoms with Crippen LogP contribution in [0.2, 0.25) is 0 Å². The van der Waals surface area contributed by atoms with Crippen LogP contribution in [0.5, 0.6) is 0 Å². The van der Waals surface area contributed by atoms with Gasteiger partial charge in [-0.2, -0.15) is 4.98 Å². The summed E-state index contributed by atoms with van der Waals surface area (Å²) >= 11 is 1.18. The Hall–Kier alpha value is -4.11. The lowest BCUT2D eigenvalue weighted by Gasteiger charge is -2.00. The quantitative estimate of drug-likeness (QED) is 0.463. The minimum absolute atomic E-state index is 0.0365. The summed E-state index contributed by atoms with van der Waals surface area (Å²) in [7, 11) is 0. The minimum Gasteiger partial charge on any atom is -0.463 e. The Labute approximate surface area is 170 Å². The van der Waals surface area contributed by atoms with Gasteiger partial charge in [0, 0.05) is 5.57 Å². The third-order valence-corrected chi connectivity index (χ3v) is 5.61. The van der Waals surface area contributed by atoms with Crippen LogP contribution >= 0.6 is 11.3 Å². The SMILES string of the molecule is N=c1/c(=C\c2coc3ccccc3c2=O)c(=O)nc2sc(=C3C=CC(=O)C=C3)[nH]n1-2. The number of fused-ring (bicyclic) bond motifs is 2. The normalized spacial score (nSPS) is 14.3. The molecule has 30 heavy (non-hydrogen) atoms. The molecule has 0 saturated heterocycles. The maximum absolute atomic E-state index is 12.7. The van der Waals surface area contributed by atoms with Gasteiger partial charge in [0.05, 0.1) is 16.2 Å². The largest absolute Gasteiger partial charge is 0.463 e. The molecule has 0 amide bonds. The Kier molecular flexibility index (Phi) is 4.04. The molecule has 0 spiro atoms. The van der Waals surface area contributed by atoms with E-state index in [2.05, 4.69) is 10.1 Å². The third-order valence-electron chi connectivity index (χ3n) is 4.63. The summed E-state index contributed by atoms with van der Waals surface area (Å²) in [4.78, 5) is 40.6. The number of benzene rings is 1. The highest BCUT2D eigenvalue weighted by atomic mass is 32.1. The predicted molar refractivity (Wildman–Crippen MR) is 111 cm³/mol. The first-order valence-corrected chi connectivity index (χ1v) is 9.66. The van der Waals surface area contributed by atoms with E-state index in [1.54, 1.807) is 36.4 Å². The van der Waals surface area contributed by atoms with Crippen molar-refractivity contribution < 1.29 is 9.21 Å². The van der Waals surface area contributed by atoms with Gasteiger partial charge >= 0.3 is 0 Å². The fourth-order valence-electron chi connectivity index (χ4n) is 3.11. The molecule has 0 atom stereocenters. The standard InChI is InChI=1S/C21H12N4O4S/c22-18-15(9-12-10-29-16-4-2-1-3-14(16)17(12)27)19(28)23-21-25(18)24-20(30-21)11-5-7-13(26)8-6-11/h1-10,22,24H/b15-9+,22-18?. The number of rotatable bonds is 1. The molecule has 0 saturated carbocycles. The number of nitrogens with one attached hydrogen (secondary N) is 2. The van der Waals surface area contributed by atoms with Crippen LogP contribution in [-0.2, 0) is 4.79 Å². The summed E-state index contributed by atoms with van der Waals surface area (Å²) < 4.78 is 7.48. The molecular formula is C21H12N4O4S. The van der Waals surface area contributed by atoms with Crippen LogP contribution in [0.3, 0.4) is 0 Å². The summed E-state index contributed by atoms with van der Waals surface area (Å²) in [5, 5.41) is 12.1. The average Bonchev–Trinajstić information content (AvgIpc) is 3.17. The second kappa shape index (κ2) is 6.75. The first-order chi connectivity index (χ1) is 14.5. The van der Waals surface area contributed by atoms with Crippen LogP contribution in [0.1, 0.15) is 5.56 Å². The van der Waals surface area contributed by atoms with E-state index in [9.17, 15) is 14.4 Å². The zero-order chi connectivity index (χ0) is 20.8. The fraction of sp³-hybridized carbons (Fsp3) is 0. The lowest BCUT2D eigenvalue weighted by atomic mass is 10.1. The predicted octanol–water partition coefficient (Wildman–Crippen LogP) is 0.320. The van der Waals surface area contributed by atoms with E-state index in [1.807, 2.05) is 0 Å². The smallest absolute Gasteiger partial charge is 0.283 e. The average molecular weight is 416 g/mol. The van der Waals surface area contributed by atoms with Gasteiger partial charge in [0.15, 0.2) is 16.7 Å². The summed E-state index contributed by atoms with van der Waals surface area (Å²) in [6.45, 7) is 0. The molecule has 1 aromatic carbocycles. The van der Waals surface area contributed by atoms with Crippen molar-refractivity contribution in [2.45, 2.75) is 0 Å². The monoisotopic (exact) mass is 416 g/mol.